The highest BCUT2D eigenvalue weighted by atomic mass is 16.1. The lowest BCUT2D eigenvalue weighted by Gasteiger charge is -2.06. The Kier molecular flexibility index (Phi) is 3.06. The Labute approximate surface area is 111 Å². The van der Waals surface area contributed by atoms with Gasteiger partial charge in [0.1, 0.15) is 5.52 Å². The SMILES string of the molecule is Cn1cnc2c(NCCC(=O)NC3CC3)nccc21. The molecule has 0 bridgehead atoms. The fraction of sp³-hybridized carbons (Fsp3) is 0.462. The monoisotopic (exact) mass is 259 g/mol. The van der Waals surface area contributed by atoms with Gasteiger partial charge in [-0.2, -0.15) is 0 Å². The summed E-state index contributed by atoms with van der Waals surface area (Å²) >= 11 is 0. The summed E-state index contributed by atoms with van der Waals surface area (Å²) in [5.41, 5.74) is 1.87. The number of hydrogen-bond donors (Lipinski definition) is 2. The van der Waals surface area contributed by atoms with Crippen LogP contribution >= 0.6 is 0 Å². The number of aromatic nitrogens is 3. The van der Waals surface area contributed by atoms with E-state index in [0.29, 0.717) is 19.0 Å². The lowest BCUT2D eigenvalue weighted by molar-refractivity contribution is -0.120. The van der Waals surface area contributed by atoms with Gasteiger partial charge in [-0.25, -0.2) is 9.97 Å². The molecule has 0 aliphatic heterocycles. The summed E-state index contributed by atoms with van der Waals surface area (Å²) in [4.78, 5) is 20.1. The highest BCUT2D eigenvalue weighted by Gasteiger charge is 2.22. The number of rotatable bonds is 5. The summed E-state index contributed by atoms with van der Waals surface area (Å²) in [7, 11) is 1.95. The molecule has 1 saturated carbocycles. The second kappa shape index (κ2) is 4.87. The van der Waals surface area contributed by atoms with Crippen LogP contribution in [-0.2, 0) is 11.8 Å². The largest absolute Gasteiger partial charge is 0.368 e. The highest BCUT2D eigenvalue weighted by Crippen LogP contribution is 2.19. The molecule has 2 heterocycles. The maximum Gasteiger partial charge on any atom is 0.221 e. The van der Waals surface area contributed by atoms with E-state index in [9.17, 15) is 4.79 Å². The zero-order valence-electron chi connectivity index (χ0n) is 10.9. The smallest absolute Gasteiger partial charge is 0.221 e. The number of hydrogen-bond acceptors (Lipinski definition) is 4. The number of nitrogens with zero attached hydrogens (tertiary/aromatic N) is 3. The molecule has 6 heteroatoms. The number of fused-ring (bicyclic) bond motifs is 1. The standard InChI is InChI=1S/C13H17N5O/c1-18-8-16-12-10(18)4-6-14-13(12)15-7-5-11(19)17-9-2-3-9/h4,6,8-9H,2-3,5,7H2,1H3,(H,14,15)(H,17,19). The molecular weight excluding hydrogens is 242 g/mol. The van der Waals surface area contributed by atoms with Gasteiger partial charge in [0.05, 0.1) is 11.8 Å². The topological polar surface area (TPSA) is 71.8 Å². The van der Waals surface area contributed by atoms with Crippen molar-refractivity contribution in [1.82, 2.24) is 19.9 Å². The van der Waals surface area contributed by atoms with E-state index in [1.165, 1.54) is 0 Å². The summed E-state index contributed by atoms with van der Waals surface area (Å²) in [6, 6.07) is 2.35. The lowest BCUT2D eigenvalue weighted by Crippen LogP contribution is -2.27. The molecule has 3 rings (SSSR count). The molecule has 19 heavy (non-hydrogen) atoms. The minimum atomic E-state index is 0.100. The van der Waals surface area contributed by atoms with Crippen molar-refractivity contribution in [3.8, 4) is 0 Å². The molecule has 1 aliphatic rings. The molecule has 0 radical (unpaired) electrons. The predicted molar refractivity (Wildman–Crippen MR) is 72.8 cm³/mol. The minimum Gasteiger partial charge on any atom is -0.368 e. The summed E-state index contributed by atoms with van der Waals surface area (Å²) in [6.45, 7) is 0.571. The summed E-state index contributed by atoms with van der Waals surface area (Å²) < 4.78 is 1.95. The van der Waals surface area contributed by atoms with Gasteiger partial charge in [0.25, 0.3) is 0 Å². The number of imidazole rings is 1. The second-order valence-electron chi connectivity index (χ2n) is 4.90. The molecular formula is C13H17N5O. The summed E-state index contributed by atoms with van der Waals surface area (Å²) in [5.74, 6) is 0.834. The van der Waals surface area contributed by atoms with E-state index in [2.05, 4.69) is 20.6 Å². The Hall–Kier alpha value is -2.11. The number of carbonyl (C=O) groups excluding carboxylic acids is 1. The minimum absolute atomic E-state index is 0.100. The van der Waals surface area contributed by atoms with Crippen LogP contribution in [0.25, 0.3) is 11.0 Å². The van der Waals surface area contributed by atoms with Gasteiger partial charge in [-0.05, 0) is 18.9 Å². The quantitative estimate of drug-likeness (QED) is 0.842. The number of carbonyl (C=O) groups is 1. The first-order chi connectivity index (χ1) is 9.24. The average Bonchev–Trinajstić information content (AvgIpc) is 3.12. The Bertz CT molecular complexity index is 602. The number of anilines is 1. The van der Waals surface area contributed by atoms with Crippen molar-refractivity contribution in [3.63, 3.8) is 0 Å². The van der Waals surface area contributed by atoms with Crippen LogP contribution < -0.4 is 10.6 Å². The molecule has 0 atom stereocenters. The Morgan fingerprint density at radius 2 is 2.32 bits per heavy atom. The van der Waals surface area contributed by atoms with E-state index < -0.39 is 0 Å². The van der Waals surface area contributed by atoms with Gasteiger partial charge >= 0.3 is 0 Å². The molecule has 0 spiro atoms. The maximum atomic E-state index is 11.6. The van der Waals surface area contributed by atoms with Gasteiger partial charge in [0.2, 0.25) is 5.91 Å². The van der Waals surface area contributed by atoms with Crippen LogP contribution in [0.15, 0.2) is 18.6 Å². The molecule has 100 valence electrons. The summed E-state index contributed by atoms with van der Waals surface area (Å²) in [5, 5.41) is 6.14. The first kappa shape index (κ1) is 12.0. The van der Waals surface area contributed by atoms with Crippen LogP contribution in [0.1, 0.15) is 19.3 Å². The fourth-order valence-electron chi connectivity index (χ4n) is 2.01. The molecule has 1 amide bonds. The third kappa shape index (κ3) is 2.67. The van der Waals surface area contributed by atoms with Crippen molar-refractivity contribution in [2.45, 2.75) is 25.3 Å². The Morgan fingerprint density at radius 1 is 1.47 bits per heavy atom. The molecule has 2 aromatic heterocycles. The lowest BCUT2D eigenvalue weighted by atomic mass is 10.3. The Morgan fingerprint density at radius 3 is 3.11 bits per heavy atom. The Balaban J connectivity index is 1.60. The number of nitrogens with one attached hydrogen (secondary N) is 2. The van der Waals surface area contributed by atoms with Gasteiger partial charge in [-0.1, -0.05) is 0 Å². The first-order valence-corrected chi connectivity index (χ1v) is 6.53. The molecule has 1 fully saturated rings. The van der Waals surface area contributed by atoms with Crippen molar-refractivity contribution >= 4 is 22.8 Å². The molecule has 0 unspecified atom stereocenters. The van der Waals surface area contributed by atoms with Crippen molar-refractivity contribution in [2.75, 3.05) is 11.9 Å². The molecule has 0 aromatic carbocycles. The van der Waals surface area contributed by atoms with Gasteiger partial charge < -0.3 is 15.2 Å². The molecule has 2 N–H and O–H groups in total. The zero-order chi connectivity index (χ0) is 13.2. The number of amides is 1. The molecule has 6 nitrogen and oxygen atoms in total. The van der Waals surface area contributed by atoms with E-state index in [1.807, 2.05) is 17.7 Å². The van der Waals surface area contributed by atoms with Crippen molar-refractivity contribution in [1.29, 1.82) is 0 Å². The molecule has 1 aliphatic carbocycles. The number of aryl methyl sites for hydroxylation is 1. The van der Waals surface area contributed by atoms with Crippen LogP contribution in [0.2, 0.25) is 0 Å². The van der Waals surface area contributed by atoms with Gasteiger partial charge in [0.15, 0.2) is 5.82 Å². The summed E-state index contributed by atoms with van der Waals surface area (Å²) in [6.07, 6.45) is 6.21. The second-order valence-corrected chi connectivity index (χ2v) is 4.90. The van der Waals surface area contributed by atoms with Crippen LogP contribution in [0.5, 0.6) is 0 Å². The number of pyridine rings is 1. The van der Waals surface area contributed by atoms with Crippen LogP contribution in [-0.4, -0.2) is 33.0 Å². The van der Waals surface area contributed by atoms with E-state index in [4.69, 9.17) is 0 Å². The molecule has 0 saturated heterocycles. The van der Waals surface area contributed by atoms with E-state index in [0.717, 1.165) is 29.7 Å². The third-order valence-corrected chi connectivity index (χ3v) is 3.23. The fourth-order valence-corrected chi connectivity index (χ4v) is 2.01. The van der Waals surface area contributed by atoms with E-state index in [1.54, 1.807) is 12.5 Å². The highest BCUT2D eigenvalue weighted by molar-refractivity contribution is 5.86. The predicted octanol–water partition coefficient (Wildman–Crippen LogP) is 1.05. The van der Waals surface area contributed by atoms with Gasteiger partial charge in [-0.15, -0.1) is 0 Å². The van der Waals surface area contributed by atoms with E-state index >= 15 is 0 Å². The average molecular weight is 259 g/mol. The maximum absolute atomic E-state index is 11.6. The first-order valence-electron chi connectivity index (χ1n) is 6.53. The van der Waals surface area contributed by atoms with Crippen LogP contribution in [0.4, 0.5) is 5.82 Å². The van der Waals surface area contributed by atoms with E-state index in [-0.39, 0.29) is 5.91 Å². The van der Waals surface area contributed by atoms with Crippen LogP contribution in [0.3, 0.4) is 0 Å². The van der Waals surface area contributed by atoms with Gasteiger partial charge in [0, 0.05) is 32.3 Å². The van der Waals surface area contributed by atoms with Crippen molar-refractivity contribution < 1.29 is 4.79 Å². The third-order valence-electron chi connectivity index (χ3n) is 3.23. The zero-order valence-corrected chi connectivity index (χ0v) is 10.9. The molecule has 2 aromatic rings. The van der Waals surface area contributed by atoms with Crippen LogP contribution in [0, 0.1) is 0 Å². The van der Waals surface area contributed by atoms with Crippen molar-refractivity contribution in [2.24, 2.45) is 7.05 Å². The van der Waals surface area contributed by atoms with Gasteiger partial charge in [-0.3, -0.25) is 4.79 Å². The van der Waals surface area contributed by atoms with Crippen molar-refractivity contribution in [3.05, 3.63) is 18.6 Å². The normalized spacial score (nSPS) is 14.6.